The van der Waals surface area contributed by atoms with E-state index in [1.54, 1.807) is 31.3 Å². The number of nitrogens with one attached hydrogen (secondary N) is 2. The molecule has 0 unspecified atom stereocenters. The second kappa shape index (κ2) is 3.76. The van der Waals surface area contributed by atoms with Gasteiger partial charge >= 0.3 is 0 Å². The quantitative estimate of drug-likeness (QED) is 0.752. The Balaban J connectivity index is 3.06. The number of rotatable bonds is 3. The van der Waals surface area contributed by atoms with Gasteiger partial charge in [-0.2, -0.15) is 0 Å². The van der Waals surface area contributed by atoms with Crippen LogP contribution >= 0.6 is 0 Å². The Hall–Kier alpha value is -1.07. The number of hydrogen-bond donors (Lipinski definition) is 2. The van der Waals surface area contributed by atoms with Gasteiger partial charge in [0.05, 0.1) is 4.90 Å². The molecule has 1 rings (SSSR count). The molecule has 0 saturated heterocycles. The molecule has 0 fully saturated rings. The Morgan fingerprint density at radius 2 is 1.62 bits per heavy atom. The molecule has 0 aromatic heterocycles. The summed E-state index contributed by atoms with van der Waals surface area (Å²) in [5.74, 6) is 0. The summed E-state index contributed by atoms with van der Waals surface area (Å²) in [4.78, 5) is 0.272. The van der Waals surface area contributed by atoms with Gasteiger partial charge in [-0.1, -0.05) is 0 Å². The second-order valence-electron chi connectivity index (χ2n) is 2.48. The predicted octanol–water partition coefficient (Wildman–Crippen LogP) is 0.636. The van der Waals surface area contributed by atoms with Crippen LogP contribution in [0.15, 0.2) is 29.2 Å². The molecule has 0 heterocycles. The molecule has 5 heteroatoms. The van der Waals surface area contributed by atoms with E-state index in [4.69, 9.17) is 0 Å². The number of sulfonamides is 1. The van der Waals surface area contributed by atoms with Crippen molar-refractivity contribution in [3.63, 3.8) is 0 Å². The van der Waals surface area contributed by atoms with Gasteiger partial charge in [-0.15, -0.1) is 0 Å². The van der Waals surface area contributed by atoms with Crippen LogP contribution in [0, 0.1) is 0 Å². The lowest BCUT2D eigenvalue weighted by molar-refractivity contribution is 0.588. The van der Waals surface area contributed by atoms with Gasteiger partial charge in [0.25, 0.3) is 0 Å². The molecular formula is C8H12N2O2S. The van der Waals surface area contributed by atoms with Gasteiger partial charge in [-0.25, -0.2) is 13.1 Å². The molecule has 0 saturated carbocycles. The third-order valence-electron chi connectivity index (χ3n) is 1.72. The van der Waals surface area contributed by atoms with Crippen molar-refractivity contribution in [2.45, 2.75) is 4.90 Å². The van der Waals surface area contributed by atoms with Crippen LogP contribution in [0.1, 0.15) is 0 Å². The lowest BCUT2D eigenvalue weighted by Crippen LogP contribution is -2.18. The van der Waals surface area contributed by atoms with Crippen molar-refractivity contribution < 1.29 is 8.42 Å². The Morgan fingerprint density at radius 1 is 1.08 bits per heavy atom. The van der Waals surface area contributed by atoms with E-state index in [2.05, 4.69) is 10.0 Å². The first-order chi connectivity index (χ1) is 6.10. The highest BCUT2D eigenvalue weighted by Gasteiger charge is 2.09. The van der Waals surface area contributed by atoms with Crippen LogP contribution in [-0.2, 0) is 10.0 Å². The molecule has 0 bridgehead atoms. The Kier molecular flexibility index (Phi) is 2.90. The van der Waals surface area contributed by atoms with Gasteiger partial charge in [-0.3, -0.25) is 0 Å². The van der Waals surface area contributed by atoms with E-state index in [9.17, 15) is 8.42 Å². The minimum absolute atomic E-state index is 0.272. The van der Waals surface area contributed by atoms with Crippen molar-refractivity contribution in [3.8, 4) is 0 Å². The Labute approximate surface area is 78.0 Å². The van der Waals surface area contributed by atoms with Crippen molar-refractivity contribution in [2.75, 3.05) is 19.4 Å². The first-order valence-electron chi connectivity index (χ1n) is 3.81. The van der Waals surface area contributed by atoms with Crippen LogP contribution in [0.5, 0.6) is 0 Å². The number of anilines is 1. The maximum Gasteiger partial charge on any atom is 0.240 e. The first-order valence-corrected chi connectivity index (χ1v) is 5.30. The molecule has 13 heavy (non-hydrogen) atoms. The highest BCUT2D eigenvalue weighted by atomic mass is 32.2. The van der Waals surface area contributed by atoms with Crippen LogP contribution in [0.3, 0.4) is 0 Å². The van der Waals surface area contributed by atoms with Crippen LogP contribution in [0.2, 0.25) is 0 Å². The fraction of sp³-hybridized carbons (Fsp3) is 0.250. The zero-order valence-electron chi connectivity index (χ0n) is 7.53. The van der Waals surface area contributed by atoms with Crippen LogP contribution in [0.25, 0.3) is 0 Å². The average Bonchev–Trinajstić information content (AvgIpc) is 2.18. The van der Waals surface area contributed by atoms with E-state index >= 15 is 0 Å². The molecule has 0 amide bonds. The summed E-state index contributed by atoms with van der Waals surface area (Å²) in [5.41, 5.74) is 0.884. The highest BCUT2D eigenvalue weighted by molar-refractivity contribution is 7.89. The maximum atomic E-state index is 11.3. The second-order valence-corrected chi connectivity index (χ2v) is 4.37. The maximum absolute atomic E-state index is 11.3. The zero-order valence-corrected chi connectivity index (χ0v) is 8.35. The van der Waals surface area contributed by atoms with E-state index < -0.39 is 10.0 Å². The fourth-order valence-electron chi connectivity index (χ4n) is 0.919. The van der Waals surface area contributed by atoms with Gasteiger partial charge in [0.15, 0.2) is 0 Å². The normalized spacial score (nSPS) is 11.2. The van der Waals surface area contributed by atoms with Crippen molar-refractivity contribution in [3.05, 3.63) is 24.3 Å². The molecular weight excluding hydrogens is 188 g/mol. The Morgan fingerprint density at radius 3 is 2.00 bits per heavy atom. The van der Waals surface area contributed by atoms with Crippen molar-refractivity contribution in [1.82, 2.24) is 4.72 Å². The van der Waals surface area contributed by atoms with Crippen LogP contribution in [-0.4, -0.2) is 22.5 Å². The number of benzene rings is 1. The lowest BCUT2D eigenvalue weighted by Gasteiger charge is -2.03. The SMILES string of the molecule is CNc1ccc(S(=O)(=O)NC)cc1. The van der Waals surface area contributed by atoms with Gasteiger partial charge < -0.3 is 5.32 Å². The molecule has 0 spiro atoms. The molecule has 0 aliphatic heterocycles. The standard InChI is InChI=1S/C8H12N2O2S/c1-9-7-3-5-8(6-4-7)13(11,12)10-2/h3-6,9-10H,1-2H3. The predicted molar refractivity (Wildman–Crippen MR) is 52.2 cm³/mol. The average molecular weight is 200 g/mol. The minimum Gasteiger partial charge on any atom is -0.388 e. The van der Waals surface area contributed by atoms with Gasteiger partial charge in [0.2, 0.25) is 10.0 Å². The van der Waals surface area contributed by atoms with Crippen molar-refractivity contribution in [1.29, 1.82) is 0 Å². The fourth-order valence-corrected chi connectivity index (χ4v) is 1.65. The third kappa shape index (κ3) is 2.19. The summed E-state index contributed by atoms with van der Waals surface area (Å²) >= 11 is 0. The van der Waals surface area contributed by atoms with E-state index in [1.807, 2.05) is 0 Å². The third-order valence-corrected chi connectivity index (χ3v) is 3.15. The summed E-state index contributed by atoms with van der Waals surface area (Å²) in [5, 5.41) is 2.91. The summed E-state index contributed by atoms with van der Waals surface area (Å²) in [6, 6.07) is 6.53. The molecule has 0 aliphatic rings. The summed E-state index contributed by atoms with van der Waals surface area (Å²) in [6.45, 7) is 0. The summed E-state index contributed by atoms with van der Waals surface area (Å²) in [7, 11) is -0.131. The van der Waals surface area contributed by atoms with Gasteiger partial charge in [0.1, 0.15) is 0 Å². The minimum atomic E-state index is -3.30. The highest BCUT2D eigenvalue weighted by Crippen LogP contribution is 2.12. The molecule has 0 aliphatic carbocycles. The molecule has 2 N–H and O–H groups in total. The summed E-state index contributed by atoms with van der Waals surface area (Å²) in [6.07, 6.45) is 0. The van der Waals surface area contributed by atoms with E-state index in [0.29, 0.717) is 0 Å². The van der Waals surface area contributed by atoms with E-state index in [1.165, 1.54) is 7.05 Å². The molecule has 1 aromatic carbocycles. The van der Waals surface area contributed by atoms with Crippen molar-refractivity contribution >= 4 is 15.7 Å². The van der Waals surface area contributed by atoms with E-state index in [0.717, 1.165) is 5.69 Å². The molecule has 0 radical (unpaired) electrons. The molecule has 0 atom stereocenters. The first kappa shape index (κ1) is 10.0. The zero-order chi connectivity index (χ0) is 9.90. The molecule has 4 nitrogen and oxygen atoms in total. The van der Waals surface area contributed by atoms with Gasteiger partial charge in [0, 0.05) is 12.7 Å². The molecule has 1 aromatic rings. The Bertz CT molecular complexity index is 370. The number of hydrogen-bond acceptors (Lipinski definition) is 3. The van der Waals surface area contributed by atoms with Crippen LogP contribution in [0.4, 0.5) is 5.69 Å². The van der Waals surface area contributed by atoms with E-state index in [-0.39, 0.29) is 4.90 Å². The lowest BCUT2D eigenvalue weighted by atomic mass is 10.3. The monoisotopic (exact) mass is 200 g/mol. The smallest absolute Gasteiger partial charge is 0.240 e. The molecule has 72 valence electrons. The topological polar surface area (TPSA) is 58.2 Å². The van der Waals surface area contributed by atoms with Crippen molar-refractivity contribution in [2.24, 2.45) is 0 Å². The summed E-state index contributed by atoms with van der Waals surface area (Å²) < 4.78 is 24.8. The largest absolute Gasteiger partial charge is 0.388 e. The van der Waals surface area contributed by atoms with Crippen LogP contribution < -0.4 is 10.0 Å². The van der Waals surface area contributed by atoms with Gasteiger partial charge in [-0.05, 0) is 31.3 Å².